The predicted molar refractivity (Wildman–Crippen MR) is 77.4 cm³/mol. The summed E-state index contributed by atoms with van der Waals surface area (Å²) in [5, 5.41) is 9.80. The van der Waals surface area contributed by atoms with Gasteiger partial charge < -0.3 is 9.84 Å². The molecule has 3 nitrogen and oxygen atoms in total. The lowest BCUT2D eigenvalue weighted by Crippen LogP contribution is -2.21. The molecule has 0 saturated carbocycles. The molecule has 0 fully saturated rings. The Bertz CT molecular complexity index is 652. The highest BCUT2D eigenvalue weighted by Gasteiger charge is 2.29. The molecule has 1 atom stereocenters. The third-order valence-electron chi connectivity index (χ3n) is 3.51. The fourth-order valence-corrected chi connectivity index (χ4v) is 2.80. The Morgan fingerprint density at radius 3 is 2.65 bits per heavy atom. The maximum atomic E-state index is 11.4. The molecule has 1 unspecified atom stereocenters. The number of rotatable bonds is 2. The lowest BCUT2D eigenvalue weighted by Gasteiger charge is -2.24. The van der Waals surface area contributed by atoms with E-state index in [2.05, 4.69) is 0 Å². The molecule has 102 valence electrons. The van der Waals surface area contributed by atoms with Gasteiger partial charge in [0.2, 0.25) is 0 Å². The second kappa shape index (κ2) is 5.17. The van der Waals surface area contributed by atoms with E-state index in [1.807, 2.05) is 42.5 Å². The molecule has 0 amide bonds. The zero-order valence-electron chi connectivity index (χ0n) is 10.7. The number of hydrogen-bond acceptors (Lipinski definition) is 2. The molecule has 0 spiro atoms. The molecular formula is C16H13ClO3. The normalized spacial score (nSPS) is 17.1. The Kier molecular flexibility index (Phi) is 3.36. The van der Waals surface area contributed by atoms with Gasteiger partial charge in [-0.25, -0.2) is 0 Å². The van der Waals surface area contributed by atoms with Gasteiger partial charge >= 0.3 is 5.97 Å². The Balaban J connectivity index is 2.15. The van der Waals surface area contributed by atoms with Crippen molar-refractivity contribution in [1.82, 2.24) is 0 Å². The van der Waals surface area contributed by atoms with Crippen molar-refractivity contribution in [1.29, 1.82) is 0 Å². The van der Waals surface area contributed by atoms with Crippen molar-refractivity contribution in [2.45, 2.75) is 12.3 Å². The van der Waals surface area contributed by atoms with Gasteiger partial charge in [0.25, 0.3) is 0 Å². The third-order valence-corrected chi connectivity index (χ3v) is 3.79. The number of ether oxygens (including phenoxy) is 1. The second-order valence-corrected chi connectivity index (χ2v) is 5.18. The van der Waals surface area contributed by atoms with Crippen LogP contribution in [0, 0.1) is 0 Å². The first-order valence-corrected chi connectivity index (χ1v) is 6.79. The van der Waals surface area contributed by atoms with Gasteiger partial charge in [-0.3, -0.25) is 4.79 Å². The SMILES string of the molecule is O=C(O)C1CCOc2c(Cl)cc(-c3ccccc3)cc21. The summed E-state index contributed by atoms with van der Waals surface area (Å²) in [7, 11) is 0. The van der Waals surface area contributed by atoms with Crippen molar-refractivity contribution in [3.8, 4) is 16.9 Å². The highest BCUT2D eigenvalue weighted by atomic mass is 35.5. The largest absolute Gasteiger partial charge is 0.492 e. The minimum absolute atomic E-state index is 0.383. The summed E-state index contributed by atoms with van der Waals surface area (Å²) in [5.41, 5.74) is 2.58. The van der Waals surface area contributed by atoms with E-state index in [1.165, 1.54) is 0 Å². The summed E-state index contributed by atoms with van der Waals surface area (Å²) in [4.78, 5) is 11.4. The maximum absolute atomic E-state index is 11.4. The molecule has 2 aromatic rings. The molecule has 1 heterocycles. The molecule has 20 heavy (non-hydrogen) atoms. The zero-order valence-corrected chi connectivity index (χ0v) is 11.4. The van der Waals surface area contributed by atoms with Crippen LogP contribution in [-0.4, -0.2) is 17.7 Å². The maximum Gasteiger partial charge on any atom is 0.311 e. The number of carboxylic acid groups (broad SMARTS) is 1. The van der Waals surface area contributed by atoms with Crippen LogP contribution < -0.4 is 4.74 Å². The summed E-state index contributed by atoms with van der Waals surface area (Å²) in [6, 6.07) is 13.4. The van der Waals surface area contributed by atoms with Crippen molar-refractivity contribution in [3.05, 3.63) is 53.1 Å². The molecule has 0 aliphatic carbocycles. The van der Waals surface area contributed by atoms with Crippen LogP contribution >= 0.6 is 11.6 Å². The predicted octanol–water partition coefficient (Wildman–Crippen LogP) is 3.96. The minimum atomic E-state index is -0.837. The van der Waals surface area contributed by atoms with Crippen LogP contribution in [0.2, 0.25) is 5.02 Å². The Morgan fingerprint density at radius 1 is 1.20 bits per heavy atom. The van der Waals surface area contributed by atoms with Crippen molar-refractivity contribution < 1.29 is 14.6 Å². The Labute approximate surface area is 121 Å². The van der Waals surface area contributed by atoms with Gasteiger partial charge in [-0.05, 0) is 29.7 Å². The Morgan fingerprint density at radius 2 is 1.95 bits per heavy atom. The summed E-state index contributed by atoms with van der Waals surface area (Å²) in [6.07, 6.45) is 0.469. The number of halogens is 1. The van der Waals surface area contributed by atoms with Crippen LogP contribution in [0.4, 0.5) is 0 Å². The number of benzene rings is 2. The van der Waals surface area contributed by atoms with E-state index >= 15 is 0 Å². The first-order valence-electron chi connectivity index (χ1n) is 6.41. The quantitative estimate of drug-likeness (QED) is 0.910. The molecule has 1 aliphatic rings. The first-order chi connectivity index (χ1) is 9.66. The number of carboxylic acids is 1. The summed E-state index contributed by atoms with van der Waals surface area (Å²) in [5.74, 6) is -0.888. The highest BCUT2D eigenvalue weighted by Crippen LogP contribution is 2.42. The van der Waals surface area contributed by atoms with E-state index in [1.54, 1.807) is 0 Å². The Hall–Kier alpha value is -2.00. The van der Waals surface area contributed by atoms with Gasteiger partial charge in [-0.1, -0.05) is 41.9 Å². The number of aliphatic carboxylic acids is 1. The zero-order chi connectivity index (χ0) is 14.1. The van der Waals surface area contributed by atoms with Gasteiger partial charge in [0.05, 0.1) is 17.5 Å². The molecule has 0 bridgehead atoms. The molecule has 1 N–H and O–H groups in total. The van der Waals surface area contributed by atoms with Crippen molar-refractivity contribution >= 4 is 17.6 Å². The van der Waals surface area contributed by atoms with E-state index in [0.29, 0.717) is 29.4 Å². The van der Waals surface area contributed by atoms with E-state index in [-0.39, 0.29) is 0 Å². The number of carbonyl (C=O) groups is 1. The van der Waals surface area contributed by atoms with Crippen molar-refractivity contribution in [2.75, 3.05) is 6.61 Å². The van der Waals surface area contributed by atoms with Gasteiger partial charge in [0, 0.05) is 5.56 Å². The van der Waals surface area contributed by atoms with Gasteiger partial charge in [0.15, 0.2) is 0 Å². The summed E-state index contributed by atoms with van der Waals surface area (Å²) < 4.78 is 5.53. The lowest BCUT2D eigenvalue weighted by atomic mass is 9.90. The van der Waals surface area contributed by atoms with E-state index in [9.17, 15) is 9.90 Å². The molecule has 2 aromatic carbocycles. The average Bonchev–Trinajstić information content (AvgIpc) is 2.47. The van der Waals surface area contributed by atoms with E-state index in [4.69, 9.17) is 16.3 Å². The van der Waals surface area contributed by atoms with Crippen LogP contribution in [0.5, 0.6) is 5.75 Å². The van der Waals surface area contributed by atoms with Gasteiger partial charge in [-0.2, -0.15) is 0 Å². The van der Waals surface area contributed by atoms with E-state index < -0.39 is 11.9 Å². The third kappa shape index (κ3) is 2.25. The number of fused-ring (bicyclic) bond motifs is 1. The minimum Gasteiger partial charge on any atom is -0.492 e. The smallest absolute Gasteiger partial charge is 0.311 e. The standard InChI is InChI=1S/C16H13ClO3/c17-14-9-11(10-4-2-1-3-5-10)8-13-12(16(18)19)6-7-20-15(13)14/h1-5,8-9,12H,6-7H2,(H,18,19). The van der Waals surface area contributed by atoms with Crippen LogP contribution in [0.25, 0.3) is 11.1 Å². The average molecular weight is 289 g/mol. The molecule has 3 rings (SSSR count). The fourth-order valence-electron chi connectivity index (χ4n) is 2.51. The highest BCUT2D eigenvalue weighted by molar-refractivity contribution is 6.32. The van der Waals surface area contributed by atoms with Gasteiger partial charge in [-0.15, -0.1) is 0 Å². The summed E-state index contributed by atoms with van der Waals surface area (Å²) in [6.45, 7) is 0.383. The van der Waals surface area contributed by atoms with Crippen LogP contribution in [0.3, 0.4) is 0 Å². The topological polar surface area (TPSA) is 46.5 Å². The van der Waals surface area contributed by atoms with E-state index in [0.717, 1.165) is 11.1 Å². The molecular weight excluding hydrogens is 276 g/mol. The number of hydrogen-bond donors (Lipinski definition) is 1. The van der Waals surface area contributed by atoms with Gasteiger partial charge in [0.1, 0.15) is 5.75 Å². The van der Waals surface area contributed by atoms with Crippen LogP contribution in [-0.2, 0) is 4.79 Å². The second-order valence-electron chi connectivity index (χ2n) is 4.77. The van der Waals surface area contributed by atoms with Crippen molar-refractivity contribution in [2.24, 2.45) is 0 Å². The molecule has 1 aliphatic heterocycles. The first kappa shape index (κ1) is 13.0. The fraction of sp³-hybridized carbons (Fsp3) is 0.188. The lowest BCUT2D eigenvalue weighted by molar-refractivity contribution is -0.139. The van der Waals surface area contributed by atoms with Crippen molar-refractivity contribution in [3.63, 3.8) is 0 Å². The molecule has 0 radical (unpaired) electrons. The molecule has 0 saturated heterocycles. The molecule has 0 aromatic heterocycles. The molecule has 4 heteroatoms. The van der Waals surface area contributed by atoms with Crippen LogP contribution in [0.15, 0.2) is 42.5 Å². The monoisotopic (exact) mass is 288 g/mol. The summed E-state index contributed by atoms with van der Waals surface area (Å²) >= 11 is 6.25. The van der Waals surface area contributed by atoms with Crippen LogP contribution in [0.1, 0.15) is 17.9 Å².